The molecule has 2 rings (SSSR count). The second-order valence-corrected chi connectivity index (χ2v) is 8.56. The molecule has 0 atom stereocenters. The first-order valence-electron chi connectivity index (χ1n) is 6.78. The van der Waals surface area contributed by atoms with Crippen LogP contribution in [0.3, 0.4) is 0 Å². The molecule has 1 aliphatic carbocycles. The summed E-state index contributed by atoms with van der Waals surface area (Å²) in [5, 5.41) is 8.00. The standard InChI is InChI=1S/C14H20N2O2S2/c15-14(16)11-4-3-7-13(10-11)20(17,18)9-8-19-12-5-1-2-6-12/h3-4,7,10,12H,1-2,5-6,8-9H2,(H3,15,16). The highest BCUT2D eigenvalue weighted by atomic mass is 32.2. The fourth-order valence-corrected chi connectivity index (χ4v) is 5.45. The molecule has 1 aromatic carbocycles. The van der Waals surface area contributed by atoms with Crippen LogP contribution in [0.4, 0.5) is 0 Å². The summed E-state index contributed by atoms with van der Waals surface area (Å²) in [7, 11) is -3.28. The van der Waals surface area contributed by atoms with E-state index in [2.05, 4.69) is 0 Å². The number of hydrogen-bond donors (Lipinski definition) is 2. The summed E-state index contributed by atoms with van der Waals surface area (Å²) in [6, 6.07) is 6.34. The summed E-state index contributed by atoms with van der Waals surface area (Å²) in [4.78, 5) is 0.261. The van der Waals surface area contributed by atoms with E-state index in [1.807, 2.05) is 0 Å². The predicted octanol–water partition coefficient (Wildman–Crippen LogP) is 2.42. The van der Waals surface area contributed by atoms with E-state index in [-0.39, 0.29) is 16.5 Å². The highest BCUT2D eigenvalue weighted by molar-refractivity contribution is 8.01. The van der Waals surface area contributed by atoms with E-state index in [9.17, 15) is 8.42 Å². The minimum atomic E-state index is -3.28. The van der Waals surface area contributed by atoms with Crippen molar-refractivity contribution in [3.05, 3.63) is 29.8 Å². The molecule has 0 heterocycles. The Hall–Kier alpha value is -1.01. The lowest BCUT2D eigenvalue weighted by atomic mass is 10.2. The van der Waals surface area contributed by atoms with E-state index in [4.69, 9.17) is 11.1 Å². The SMILES string of the molecule is N=C(N)c1cccc(S(=O)(=O)CCSC2CCCC2)c1. The maximum absolute atomic E-state index is 12.3. The second kappa shape index (κ2) is 6.63. The number of hydrogen-bond acceptors (Lipinski definition) is 4. The third-order valence-corrected chi connectivity index (χ3v) is 6.87. The number of thioether (sulfide) groups is 1. The molecule has 0 unspecified atom stereocenters. The molecule has 1 aromatic rings. The van der Waals surface area contributed by atoms with Gasteiger partial charge in [-0.2, -0.15) is 11.8 Å². The van der Waals surface area contributed by atoms with Crippen LogP contribution in [0.1, 0.15) is 31.2 Å². The normalized spacial score (nSPS) is 16.4. The lowest BCUT2D eigenvalue weighted by Gasteiger charge is -2.09. The zero-order chi connectivity index (χ0) is 14.6. The molecule has 0 aliphatic heterocycles. The van der Waals surface area contributed by atoms with Crippen LogP contribution < -0.4 is 5.73 Å². The van der Waals surface area contributed by atoms with E-state index < -0.39 is 9.84 Å². The van der Waals surface area contributed by atoms with Crippen molar-refractivity contribution in [2.75, 3.05) is 11.5 Å². The van der Waals surface area contributed by atoms with Crippen molar-refractivity contribution in [3.8, 4) is 0 Å². The molecule has 1 aliphatic rings. The Morgan fingerprint density at radius 2 is 2.05 bits per heavy atom. The molecule has 0 saturated heterocycles. The zero-order valence-corrected chi connectivity index (χ0v) is 13.0. The number of sulfone groups is 1. The van der Waals surface area contributed by atoms with Gasteiger partial charge in [0, 0.05) is 16.6 Å². The molecular weight excluding hydrogens is 292 g/mol. The van der Waals surface area contributed by atoms with Crippen LogP contribution in [0.2, 0.25) is 0 Å². The van der Waals surface area contributed by atoms with Gasteiger partial charge in [-0.05, 0) is 25.0 Å². The van der Waals surface area contributed by atoms with Gasteiger partial charge in [0.05, 0.1) is 10.6 Å². The Morgan fingerprint density at radius 3 is 2.70 bits per heavy atom. The number of nitrogens with one attached hydrogen (secondary N) is 1. The van der Waals surface area contributed by atoms with Crippen molar-refractivity contribution in [2.45, 2.75) is 35.8 Å². The summed E-state index contributed by atoms with van der Waals surface area (Å²) >= 11 is 1.77. The third kappa shape index (κ3) is 3.99. The van der Waals surface area contributed by atoms with E-state index >= 15 is 0 Å². The largest absolute Gasteiger partial charge is 0.384 e. The summed E-state index contributed by atoms with van der Waals surface area (Å²) in [5.41, 5.74) is 5.85. The third-order valence-electron chi connectivity index (χ3n) is 3.51. The minimum Gasteiger partial charge on any atom is -0.384 e. The number of rotatable bonds is 6. The topological polar surface area (TPSA) is 84.0 Å². The fourth-order valence-electron chi connectivity index (χ4n) is 2.35. The van der Waals surface area contributed by atoms with Crippen molar-refractivity contribution in [3.63, 3.8) is 0 Å². The van der Waals surface area contributed by atoms with Crippen LogP contribution in [-0.2, 0) is 9.84 Å². The van der Waals surface area contributed by atoms with Crippen LogP contribution in [0.15, 0.2) is 29.2 Å². The Kier molecular flexibility index (Phi) is 5.10. The number of nitrogen functional groups attached to an aromatic ring is 1. The van der Waals surface area contributed by atoms with Gasteiger partial charge in [-0.1, -0.05) is 25.0 Å². The molecule has 1 fully saturated rings. The number of amidine groups is 1. The van der Waals surface area contributed by atoms with Gasteiger partial charge in [-0.25, -0.2) is 8.42 Å². The second-order valence-electron chi connectivity index (χ2n) is 5.04. The minimum absolute atomic E-state index is 0.109. The summed E-state index contributed by atoms with van der Waals surface area (Å²) in [6.07, 6.45) is 4.96. The van der Waals surface area contributed by atoms with E-state index in [0.29, 0.717) is 16.6 Å². The molecule has 0 radical (unpaired) electrons. The maximum atomic E-state index is 12.3. The average molecular weight is 312 g/mol. The van der Waals surface area contributed by atoms with Gasteiger partial charge in [0.2, 0.25) is 0 Å². The van der Waals surface area contributed by atoms with Gasteiger partial charge in [0.25, 0.3) is 0 Å². The van der Waals surface area contributed by atoms with E-state index in [1.54, 1.807) is 30.0 Å². The first kappa shape index (κ1) is 15.4. The average Bonchev–Trinajstić information content (AvgIpc) is 2.92. The molecule has 0 bridgehead atoms. The Morgan fingerprint density at radius 1 is 1.35 bits per heavy atom. The van der Waals surface area contributed by atoms with Crippen LogP contribution >= 0.6 is 11.8 Å². The lowest BCUT2D eigenvalue weighted by molar-refractivity contribution is 0.597. The summed E-state index contributed by atoms with van der Waals surface area (Å²) in [5.74, 6) is 0.676. The molecule has 6 heteroatoms. The number of nitrogens with two attached hydrogens (primary N) is 1. The van der Waals surface area contributed by atoms with Crippen LogP contribution in [0.5, 0.6) is 0 Å². The molecule has 20 heavy (non-hydrogen) atoms. The first-order chi connectivity index (χ1) is 9.49. The molecule has 3 N–H and O–H groups in total. The van der Waals surface area contributed by atoms with Crippen molar-refractivity contribution in [2.24, 2.45) is 5.73 Å². The fraction of sp³-hybridized carbons (Fsp3) is 0.500. The van der Waals surface area contributed by atoms with Crippen molar-refractivity contribution < 1.29 is 8.42 Å². The van der Waals surface area contributed by atoms with Crippen LogP contribution in [0.25, 0.3) is 0 Å². The molecule has 0 spiro atoms. The predicted molar refractivity (Wildman–Crippen MR) is 84.2 cm³/mol. The highest BCUT2D eigenvalue weighted by Crippen LogP contribution is 2.29. The molecule has 1 saturated carbocycles. The molecule has 0 amide bonds. The lowest BCUT2D eigenvalue weighted by Crippen LogP contribution is -2.14. The van der Waals surface area contributed by atoms with Gasteiger partial charge in [0.1, 0.15) is 5.84 Å². The van der Waals surface area contributed by atoms with Gasteiger partial charge in [0.15, 0.2) is 9.84 Å². The summed E-state index contributed by atoms with van der Waals surface area (Å²) < 4.78 is 24.5. The van der Waals surface area contributed by atoms with Crippen LogP contribution in [0, 0.1) is 5.41 Å². The van der Waals surface area contributed by atoms with Crippen molar-refractivity contribution in [1.82, 2.24) is 0 Å². The highest BCUT2D eigenvalue weighted by Gasteiger charge is 2.19. The van der Waals surface area contributed by atoms with Crippen molar-refractivity contribution in [1.29, 1.82) is 5.41 Å². The monoisotopic (exact) mass is 312 g/mol. The maximum Gasteiger partial charge on any atom is 0.179 e. The Bertz CT molecular complexity index is 579. The van der Waals surface area contributed by atoms with Gasteiger partial charge < -0.3 is 5.73 Å². The molecule has 110 valence electrons. The molecule has 0 aromatic heterocycles. The first-order valence-corrected chi connectivity index (χ1v) is 9.48. The molecule has 4 nitrogen and oxygen atoms in total. The zero-order valence-electron chi connectivity index (χ0n) is 11.3. The van der Waals surface area contributed by atoms with E-state index in [1.165, 1.54) is 31.7 Å². The van der Waals surface area contributed by atoms with Gasteiger partial charge in [-0.3, -0.25) is 5.41 Å². The smallest absolute Gasteiger partial charge is 0.179 e. The Balaban J connectivity index is 1.98. The Labute approximate surface area is 124 Å². The van der Waals surface area contributed by atoms with E-state index in [0.717, 1.165) is 0 Å². The summed E-state index contributed by atoms with van der Waals surface area (Å²) in [6.45, 7) is 0. The molecular formula is C14H20N2O2S2. The quantitative estimate of drug-likeness (QED) is 0.624. The van der Waals surface area contributed by atoms with Gasteiger partial charge in [-0.15, -0.1) is 0 Å². The van der Waals surface area contributed by atoms with Crippen LogP contribution in [-0.4, -0.2) is 31.0 Å². The van der Waals surface area contributed by atoms with Crippen molar-refractivity contribution >= 4 is 27.4 Å². The number of benzene rings is 1. The van der Waals surface area contributed by atoms with Gasteiger partial charge >= 0.3 is 0 Å².